The molecule has 2 aromatic carbocycles. The lowest BCUT2D eigenvalue weighted by Gasteiger charge is -2.18. The number of amides is 1. The maximum Gasteiger partial charge on any atom is 0.226 e. The van der Waals surface area contributed by atoms with E-state index >= 15 is 0 Å². The summed E-state index contributed by atoms with van der Waals surface area (Å²) in [6.45, 7) is 7.17. The first-order valence-electron chi connectivity index (χ1n) is 10.4. The van der Waals surface area contributed by atoms with Crippen molar-refractivity contribution >= 4 is 5.91 Å². The Kier molecular flexibility index (Phi) is 7.28. The van der Waals surface area contributed by atoms with Crippen LogP contribution < -0.4 is 9.47 Å². The molecule has 0 N–H and O–H groups in total. The fourth-order valence-corrected chi connectivity index (χ4v) is 3.46. The van der Waals surface area contributed by atoms with E-state index in [4.69, 9.17) is 9.47 Å². The van der Waals surface area contributed by atoms with Crippen LogP contribution in [0.4, 0.5) is 4.39 Å². The lowest BCUT2D eigenvalue weighted by atomic mass is 10.1. The summed E-state index contributed by atoms with van der Waals surface area (Å²) in [5.41, 5.74) is 2.24. The van der Waals surface area contributed by atoms with E-state index in [0.29, 0.717) is 49.0 Å². The van der Waals surface area contributed by atoms with Crippen molar-refractivity contribution in [2.45, 2.75) is 33.6 Å². The smallest absolute Gasteiger partial charge is 0.226 e. The summed E-state index contributed by atoms with van der Waals surface area (Å²) in [5, 5.41) is 4.63. The number of ether oxygens (including phenoxy) is 2. The Morgan fingerprint density at radius 1 is 1.06 bits per heavy atom. The number of hydrogen-bond acceptors (Lipinski definition) is 4. The van der Waals surface area contributed by atoms with Crippen LogP contribution in [0.25, 0.3) is 5.69 Å². The van der Waals surface area contributed by atoms with E-state index in [1.54, 1.807) is 34.9 Å². The molecule has 7 heteroatoms. The minimum Gasteiger partial charge on any atom is -0.493 e. The summed E-state index contributed by atoms with van der Waals surface area (Å²) in [6, 6.07) is 13.4. The Morgan fingerprint density at radius 3 is 2.32 bits per heavy atom. The lowest BCUT2D eigenvalue weighted by Crippen LogP contribution is -2.30. The van der Waals surface area contributed by atoms with Gasteiger partial charge >= 0.3 is 0 Å². The predicted molar refractivity (Wildman–Crippen MR) is 118 cm³/mol. The van der Waals surface area contributed by atoms with Crippen LogP contribution in [0, 0.1) is 12.7 Å². The minimum atomic E-state index is -0.329. The molecule has 0 radical (unpaired) electrons. The van der Waals surface area contributed by atoms with Gasteiger partial charge in [0.1, 0.15) is 5.82 Å². The third kappa shape index (κ3) is 5.05. The molecule has 6 nitrogen and oxygen atoms in total. The molecule has 0 aliphatic carbocycles. The number of carbonyl (C=O) groups is 1. The number of rotatable bonds is 9. The van der Waals surface area contributed by atoms with Gasteiger partial charge in [0.2, 0.25) is 11.8 Å². The van der Waals surface area contributed by atoms with E-state index in [1.807, 2.05) is 39.0 Å². The zero-order valence-electron chi connectivity index (χ0n) is 18.4. The Morgan fingerprint density at radius 2 is 1.71 bits per heavy atom. The highest BCUT2D eigenvalue weighted by Gasteiger charge is 2.22. The van der Waals surface area contributed by atoms with Crippen LogP contribution in [0.3, 0.4) is 0 Å². The van der Waals surface area contributed by atoms with Crippen molar-refractivity contribution in [2.75, 3.05) is 20.2 Å². The molecule has 1 aromatic heterocycles. The molecule has 0 aliphatic rings. The average molecular weight is 426 g/mol. The number of halogens is 1. The highest BCUT2D eigenvalue weighted by atomic mass is 19.1. The normalized spacial score (nSPS) is 10.7. The van der Waals surface area contributed by atoms with E-state index < -0.39 is 0 Å². The lowest BCUT2D eigenvalue weighted by molar-refractivity contribution is -0.130. The maximum absolute atomic E-state index is 13.5. The quantitative estimate of drug-likeness (QED) is 0.488. The first kappa shape index (κ1) is 22.3. The van der Waals surface area contributed by atoms with Gasteiger partial charge in [0.05, 0.1) is 18.5 Å². The SMILES string of the molecule is CCN(CC)C(=O)CCc1c(C)nn(-c2ccc(F)cc2)c1Oc1ccccc1OC. The fourth-order valence-electron chi connectivity index (χ4n) is 3.46. The van der Waals surface area contributed by atoms with E-state index in [9.17, 15) is 9.18 Å². The van der Waals surface area contributed by atoms with Gasteiger partial charge in [-0.25, -0.2) is 9.07 Å². The van der Waals surface area contributed by atoms with Gasteiger partial charge in [0.25, 0.3) is 0 Å². The molecule has 1 heterocycles. The van der Waals surface area contributed by atoms with Gasteiger partial charge in [0.15, 0.2) is 11.5 Å². The molecule has 0 fully saturated rings. The molecular weight excluding hydrogens is 397 g/mol. The number of aromatic nitrogens is 2. The number of methoxy groups -OCH3 is 1. The third-order valence-corrected chi connectivity index (χ3v) is 5.19. The van der Waals surface area contributed by atoms with Gasteiger partial charge in [-0.1, -0.05) is 12.1 Å². The molecular formula is C24H28FN3O3. The molecule has 0 aliphatic heterocycles. The Bertz CT molecular complexity index is 1030. The van der Waals surface area contributed by atoms with E-state index in [-0.39, 0.29) is 11.7 Å². The van der Waals surface area contributed by atoms with E-state index in [0.717, 1.165) is 11.3 Å². The molecule has 164 valence electrons. The second-order valence-electron chi connectivity index (χ2n) is 7.08. The van der Waals surface area contributed by atoms with Crippen LogP contribution >= 0.6 is 0 Å². The second kappa shape index (κ2) is 10.1. The molecule has 3 rings (SSSR count). The summed E-state index contributed by atoms with van der Waals surface area (Å²) in [6.07, 6.45) is 0.826. The van der Waals surface area contributed by atoms with Gasteiger partial charge < -0.3 is 14.4 Å². The molecule has 1 amide bonds. The van der Waals surface area contributed by atoms with Crippen LogP contribution in [-0.4, -0.2) is 40.8 Å². The van der Waals surface area contributed by atoms with Gasteiger partial charge in [-0.3, -0.25) is 4.79 Å². The van der Waals surface area contributed by atoms with Gasteiger partial charge in [-0.2, -0.15) is 5.10 Å². The summed E-state index contributed by atoms with van der Waals surface area (Å²) in [5.74, 6) is 1.36. The number of nitrogens with zero attached hydrogens (tertiary/aromatic N) is 3. The maximum atomic E-state index is 13.5. The Labute approximate surface area is 182 Å². The minimum absolute atomic E-state index is 0.0853. The molecule has 0 spiro atoms. The van der Waals surface area contributed by atoms with Gasteiger partial charge in [-0.05, 0) is 63.6 Å². The first-order chi connectivity index (χ1) is 15.0. The van der Waals surface area contributed by atoms with Crippen LogP contribution in [0.2, 0.25) is 0 Å². The summed E-state index contributed by atoms with van der Waals surface area (Å²) < 4.78 is 26.8. The van der Waals surface area contributed by atoms with Gasteiger partial charge in [0, 0.05) is 25.1 Å². The highest BCUT2D eigenvalue weighted by molar-refractivity contribution is 5.76. The Balaban J connectivity index is 2.01. The highest BCUT2D eigenvalue weighted by Crippen LogP contribution is 2.36. The van der Waals surface area contributed by atoms with Crippen LogP contribution in [0.15, 0.2) is 48.5 Å². The van der Waals surface area contributed by atoms with Crippen molar-refractivity contribution in [3.63, 3.8) is 0 Å². The average Bonchev–Trinajstić information content (AvgIpc) is 3.09. The van der Waals surface area contributed by atoms with Gasteiger partial charge in [-0.15, -0.1) is 0 Å². The monoisotopic (exact) mass is 425 g/mol. The van der Waals surface area contributed by atoms with Crippen molar-refractivity contribution in [2.24, 2.45) is 0 Å². The summed E-state index contributed by atoms with van der Waals surface area (Å²) in [4.78, 5) is 14.4. The first-order valence-corrected chi connectivity index (χ1v) is 10.4. The molecule has 31 heavy (non-hydrogen) atoms. The Hall–Kier alpha value is -3.35. The number of hydrogen-bond donors (Lipinski definition) is 0. The van der Waals surface area contributed by atoms with Crippen LogP contribution in [-0.2, 0) is 11.2 Å². The predicted octanol–water partition coefficient (Wildman–Crippen LogP) is 4.92. The molecule has 0 atom stereocenters. The molecule has 0 saturated carbocycles. The fraction of sp³-hybridized carbons (Fsp3) is 0.333. The third-order valence-electron chi connectivity index (χ3n) is 5.19. The van der Waals surface area contributed by atoms with Crippen molar-refractivity contribution in [1.29, 1.82) is 0 Å². The number of carbonyl (C=O) groups excluding carboxylic acids is 1. The summed E-state index contributed by atoms with van der Waals surface area (Å²) in [7, 11) is 1.58. The van der Waals surface area contributed by atoms with Crippen molar-refractivity contribution in [3.05, 3.63) is 65.6 Å². The largest absolute Gasteiger partial charge is 0.493 e. The molecule has 0 bridgehead atoms. The van der Waals surface area contributed by atoms with Crippen molar-refractivity contribution in [1.82, 2.24) is 14.7 Å². The van der Waals surface area contributed by atoms with E-state index in [2.05, 4.69) is 5.10 Å². The van der Waals surface area contributed by atoms with Crippen molar-refractivity contribution < 1.29 is 18.7 Å². The summed E-state index contributed by atoms with van der Waals surface area (Å²) >= 11 is 0. The van der Waals surface area contributed by atoms with Crippen molar-refractivity contribution in [3.8, 4) is 23.1 Å². The standard InChI is InChI=1S/C24H28FN3O3/c1-5-27(6-2)23(29)16-15-20-17(3)26-28(19-13-11-18(25)12-14-19)24(20)31-22-10-8-7-9-21(22)30-4/h7-14H,5-6,15-16H2,1-4H3. The topological polar surface area (TPSA) is 56.6 Å². The molecule has 0 saturated heterocycles. The molecule has 3 aromatic rings. The number of para-hydroxylation sites is 2. The number of benzene rings is 2. The second-order valence-corrected chi connectivity index (χ2v) is 7.08. The van der Waals surface area contributed by atoms with Crippen LogP contribution in [0.5, 0.6) is 17.4 Å². The zero-order chi connectivity index (χ0) is 22.4. The zero-order valence-corrected chi connectivity index (χ0v) is 18.4. The number of aryl methyl sites for hydroxylation is 1. The molecule has 0 unspecified atom stereocenters. The van der Waals surface area contributed by atoms with E-state index in [1.165, 1.54) is 12.1 Å². The van der Waals surface area contributed by atoms with Crippen LogP contribution in [0.1, 0.15) is 31.5 Å².